The van der Waals surface area contributed by atoms with Crippen LogP contribution in [0.5, 0.6) is 5.75 Å². The summed E-state index contributed by atoms with van der Waals surface area (Å²) in [5.74, 6) is 1.19. The minimum Gasteiger partial charge on any atom is -0.497 e. The minimum absolute atomic E-state index is 0.0564. The predicted octanol–water partition coefficient (Wildman–Crippen LogP) is 2.76. The van der Waals surface area contributed by atoms with Gasteiger partial charge in [-0.15, -0.1) is 0 Å². The number of rotatable bonds is 12. The molecule has 1 aromatic carbocycles. The van der Waals surface area contributed by atoms with Crippen molar-refractivity contribution >= 4 is 25.2 Å². The van der Waals surface area contributed by atoms with Crippen LogP contribution in [0.4, 0.5) is 5.95 Å². The van der Waals surface area contributed by atoms with Gasteiger partial charge in [0.2, 0.25) is 5.95 Å². The van der Waals surface area contributed by atoms with Crippen molar-refractivity contribution in [2.45, 2.75) is 45.4 Å². The van der Waals surface area contributed by atoms with Gasteiger partial charge < -0.3 is 19.9 Å². The molecule has 0 aliphatic heterocycles. The van der Waals surface area contributed by atoms with Gasteiger partial charge in [0, 0.05) is 27.8 Å². The van der Waals surface area contributed by atoms with Gasteiger partial charge in [-0.3, -0.25) is 13.9 Å². The van der Waals surface area contributed by atoms with Crippen LogP contribution in [-0.4, -0.2) is 59.2 Å². The van der Waals surface area contributed by atoms with Crippen LogP contribution >= 0.6 is 0 Å². The molecule has 0 unspecified atom stereocenters. The fraction of sp³-hybridized carbons (Fsp3) is 0.500. The zero-order chi connectivity index (χ0) is 23.1. The van der Waals surface area contributed by atoms with Crippen LogP contribution < -0.4 is 15.6 Å². The monoisotopic (exact) mass is 459 g/mol. The van der Waals surface area contributed by atoms with Crippen molar-refractivity contribution in [1.82, 2.24) is 19.1 Å². The number of ether oxygens (including phenoxy) is 2. The Morgan fingerprint density at radius 3 is 2.59 bits per heavy atom. The quantitative estimate of drug-likeness (QED) is 0.317. The third-order valence-corrected chi connectivity index (χ3v) is 6.77. The van der Waals surface area contributed by atoms with Gasteiger partial charge >= 0.3 is 0 Å². The van der Waals surface area contributed by atoms with E-state index in [2.05, 4.69) is 29.9 Å². The van der Waals surface area contributed by atoms with Crippen molar-refractivity contribution in [3.05, 3.63) is 46.5 Å². The number of aliphatic hydroxyl groups excluding tert-OH is 1. The number of benzene rings is 1. The second kappa shape index (κ2) is 10.8. The average molecular weight is 460 g/mol. The Balaban J connectivity index is 1.89. The first-order chi connectivity index (χ1) is 15.3. The summed E-state index contributed by atoms with van der Waals surface area (Å²) in [4.78, 5) is 22.3. The maximum Gasteiger partial charge on any atom is 0.283 e. The lowest BCUT2D eigenvalue weighted by Gasteiger charge is -2.16. The SMILES string of the molecule is COc1ccc(Cn2c(NCCCO)nc3c(ncn3COCC[Si](C)(C)C)c2=O)cc1. The van der Waals surface area contributed by atoms with Crippen molar-refractivity contribution in [1.29, 1.82) is 0 Å². The molecule has 10 heteroatoms. The highest BCUT2D eigenvalue weighted by Crippen LogP contribution is 2.16. The number of anilines is 1. The number of fused-ring (bicyclic) bond motifs is 1. The Bertz CT molecular complexity index is 1070. The van der Waals surface area contributed by atoms with E-state index in [1.165, 1.54) is 0 Å². The second-order valence-electron chi connectivity index (χ2n) is 8.91. The highest BCUT2D eigenvalue weighted by Gasteiger charge is 2.17. The van der Waals surface area contributed by atoms with E-state index >= 15 is 0 Å². The second-order valence-corrected chi connectivity index (χ2v) is 14.5. The van der Waals surface area contributed by atoms with Gasteiger partial charge in [-0.2, -0.15) is 4.98 Å². The molecule has 3 aromatic rings. The fourth-order valence-electron chi connectivity index (χ4n) is 3.14. The molecule has 0 fully saturated rings. The zero-order valence-corrected chi connectivity index (χ0v) is 20.3. The number of methoxy groups -OCH3 is 1. The predicted molar refractivity (Wildman–Crippen MR) is 128 cm³/mol. The number of aliphatic hydroxyl groups is 1. The number of hydrogen-bond acceptors (Lipinski definition) is 7. The van der Waals surface area contributed by atoms with Gasteiger partial charge in [0.15, 0.2) is 11.2 Å². The molecule has 0 aliphatic rings. The molecular weight excluding hydrogens is 426 g/mol. The van der Waals surface area contributed by atoms with Crippen LogP contribution in [0.15, 0.2) is 35.4 Å². The molecule has 0 saturated carbocycles. The van der Waals surface area contributed by atoms with Crippen molar-refractivity contribution in [3.8, 4) is 5.75 Å². The number of imidazole rings is 1. The summed E-state index contributed by atoms with van der Waals surface area (Å²) in [6.07, 6.45) is 2.15. The van der Waals surface area contributed by atoms with Gasteiger partial charge in [0.05, 0.1) is 20.0 Å². The van der Waals surface area contributed by atoms with Crippen LogP contribution in [0.2, 0.25) is 25.7 Å². The van der Waals surface area contributed by atoms with Crippen molar-refractivity contribution in [2.24, 2.45) is 0 Å². The molecule has 2 aromatic heterocycles. The Kier molecular flexibility index (Phi) is 8.05. The summed E-state index contributed by atoms with van der Waals surface area (Å²) in [5.41, 5.74) is 1.51. The Labute approximate surface area is 189 Å². The highest BCUT2D eigenvalue weighted by molar-refractivity contribution is 6.76. The first kappa shape index (κ1) is 24.0. The van der Waals surface area contributed by atoms with E-state index in [9.17, 15) is 4.79 Å². The first-order valence-electron chi connectivity index (χ1n) is 10.8. The van der Waals surface area contributed by atoms with E-state index in [1.807, 2.05) is 24.3 Å². The molecule has 9 nitrogen and oxygen atoms in total. The van der Waals surface area contributed by atoms with Crippen LogP contribution in [-0.2, 0) is 18.0 Å². The van der Waals surface area contributed by atoms with E-state index in [-0.39, 0.29) is 12.2 Å². The third-order valence-electron chi connectivity index (χ3n) is 5.07. The van der Waals surface area contributed by atoms with Gasteiger partial charge in [0.1, 0.15) is 12.5 Å². The Hall–Kier alpha value is -2.69. The molecule has 0 saturated heterocycles. The minimum atomic E-state index is -1.18. The summed E-state index contributed by atoms with van der Waals surface area (Å²) in [6, 6.07) is 8.61. The number of hydrogen-bond donors (Lipinski definition) is 2. The number of nitrogens with zero attached hydrogens (tertiary/aromatic N) is 4. The fourth-order valence-corrected chi connectivity index (χ4v) is 3.90. The topological polar surface area (TPSA) is 103 Å². The molecule has 0 atom stereocenters. The van der Waals surface area contributed by atoms with Crippen LogP contribution in [0.1, 0.15) is 12.0 Å². The smallest absolute Gasteiger partial charge is 0.283 e. The van der Waals surface area contributed by atoms with E-state index in [4.69, 9.17) is 19.6 Å². The molecule has 32 heavy (non-hydrogen) atoms. The summed E-state index contributed by atoms with van der Waals surface area (Å²) < 4.78 is 14.4. The number of aromatic nitrogens is 4. The molecule has 0 radical (unpaired) electrons. The van der Waals surface area contributed by atoms with Gasteiger partial charge in [0.25, 0.3) is 5.56 Å². The number of nitrogens with one attached hydrogen (secondary N) is 1. The van der Waals surface area contributed by atoms with Gasteiger partial charge in [-0.1, -0.05) is 31.8 Å². The molecule has 0 aliphatic carbocycles. The van der Waals surface area contributed by atoms with Crippen molar-refractivity contribution in [3.63, 3.8) is 0 Å². The molecule has 2 N–H and O–H groups in total. The first-order valence-corrected chi connectivity index (χ1v) is 14.5. The Morgan fingerprint density at radius 2 is 1.94 bits per heavy atom. The molecule has 0 bridgehead atoms. The maximum absolute atomic E-state index is 13.3. The van der Waals surface area contributed by atoms with E-state index in [0.717, 1.165) is 17.4 Å². The maximum atomic E-state index is 13.3. The van der Waals surface area contributed by atoms with Crippen molar-refractivity contribution in [2.75, 3.05) is 32.2 Å². The van der Waals surface area contributed by atoms with E-state index < -0.39 is 8.07 Å². The third kappa shape index (κ3) is 6.18. The molecule has 2 heterocycles. The van der Waals surface area contributed by atoms with Gasteiger partial charge in [-0.05, 0) is 30.2 Å². The normalized spacial score (nSPS) is 11.8. The standard InChI is InChI=1S/C22H33N5O4Si/c1-30-18-8-6-17(7-9-18)14-27-21(29)19-20(25-22(27)23-10-5-11-28)26(15-24-19)16-31-12-13-32(2,3)4/h6-9,15,28H,5,10-14,16H2,1-4H3,(H,23,25). The molecule has 174 valence electrons. The summed E-state index contributed by atoms with van der Waals surface area (Å²) in [6.45, 7) is 8.78. The molecule has 0 spiro atoms. The largest absolute Gasteiger partial charge is 0.497 e. The van der Waals surface area contributed by atoms with Gasteiger partial charge in [-0.25, -0.2) is 4.98 Å². The molecular formula is C22H33N5O4Si. The van der Waals surface area contributed by atoms with E-state index in [1.54, 1.807) is 22.6 Å². The van der Waals surface area contributed by atoms with Crippen molar-refractivity contribution < 1.29 is 14.6 Å². The zero-order valence-electron chi connectivity index (χ0n) is 19.3. The Morgan fingerprint density at radius 1 is 1.19 bits per heavy atom. The van der Waals surface area contributed by atoms with Crippen LogP contribution in [0.3, 0.4) is 0 Å². The average Bonchev–Trinajstić information content (AvgIpc) is 3.16. The summed E-state index contributed by atoms with van der Waals surface area (Å²) in [5, 5.41) is 12.3. The summed E-state index contributed by atoms with van der Waals surface area (Å²) in [7, 11) is 0.439. The lowest BCUT2D eigenvalue weighted by Crippen LogP contribution is -2.27. The van der Waals surface area contributed by atoms with E-state index in [0.29, 0.717) is 50.0 Å². The lowest BCUT2D eigenvalue weighted by molar-refractivity contribution is 0.0895. The molecule has 0 amide bonds. The van der Waals surface area contributed by atoms with Crippen LogP contribution in [0.25, 0.3) is 11.2 Å². The molecule has 3 rings (SSSR count). The summed E-state index contributed by atoms with van der Waals surface area (Å²) >= 11 is 0. The van der Waals surface area contributed by atoms with Crippen LogP contribution in [0, 0.1) is 0 Å². The lowest BCUT2D eigenvalue weighted by atomic mass is 10.2. The highest BCUT2D eigenvalue weighted by atomic mass is 28.3.